The maximum Gasteiger partial charge on any atom is 0.237 e. The molecule has 1 atom stereocenters. The van der Waals surface area contributed by atoms with E-state index in [1.807, 2.05) is 19.9 Å². The van der Waals surface area contributed by atoms with Crippen molar-refractivity contribution in [2.45, 2.75) is 33.1 Å². The fourth-order valence-corrected chi connectivity index (χ4v) is 2.91. The highest BCUT2D eigenvalue weighted by molar-refractivity contribution is 6.06. The van der Waals surface area contributed by atoms with Gasteiger partial charge in [0, 0.05) is 13.0 Å². The van der Waals surface area contributed by atoms with Crippen molar-refractivity contribution in [1.82, 2.24) is 5.32 Å². The van der Waals surface area contributed by atoms with Gasteiger partial charge in [0.2, 0.25) is 5.91 Å². The molecule has 3 N–H and O–H groups in total. The minimum absolute atomic E-state index is 0.0808. The number of nitriles is 1. The number of nitrogens with zero attached hydrogens (tertiary/aromatic N) is 1. The Morgan fingerprint density at radius 1 is 1.50 bits per heavy atom. The lowest BCUT2D eigenvalue weighted by Gasteiger charge is -2.35. The van der Waals surface area contributed by atoms with E-state index in [2.05, 4.69) is 5.32 Å². The smallest absolute Gasteiger partial charge is 0.237 e. The second kappa shape index (κ2) is 7.35. The van der Waals surface area contributed by atoms with Gasteiger partial charge in [0.25, 0.3) is 0 Å². The van der Waals surface area contributed by atoms with Crippen LogP contribution < -0.4 is 15.8 Å². The molecule has 1 heterocycles. The predicted molar refractivity (Wildman–Crippen MR) is 90.2 cm³/mol. The van der Waals surface area contributed by atoms with Crippen molar-refractivity contribution in [3.8, 4) is 11.8 Å². The van der Waals surface area contributed by atoms with Gasteiger partial charge in [-0.15, -0.1) is 0 Å². The van der Waals surface area contributed by atoms with Gasteiger partial charge in [0.1, 0.15) is 29.4 Å². The number of nitrogen functional groups attached to an aromatic ring is 1. The van der Waals surface area contributed by atoms with Crippen molar-refractivity contribution in [3.63, 3.8) is 0 Å². The third-order valence-corrected chi connectivity index (χ3v) is 4.27. The van der Waals surface area contributed by atoms with Crippen LogP contribution in [0, 0.1) is 22.7 Å². The monoisotopic (exact) mass is 329 g/mol. The fraction of sp³-hybridized carbons (Fsp3) is 0.500. The maximum atomic E-state index is 12.8. The van der Waals surface area contributed by atoms with Crippen LogP contribution in [0.5, 0.6) is 5.75 Å². The largest absolute Gasteiger partial charge is 0.491 e. The van der Waals surface area contributed by atoms with Crippen molar-refractivity contribution < 1.29 is 14.3 Å². The van der Waals surface area contributed by atoms with Gasteiger partial charge in [-0.05, 0) is 30.9 Å². The number of hydrogen-bond donors (Lipinski definition) is 2. The van der Waals surface area contributed by atoms with E-state index >= 15 is 0 Å². The normalized spacial score (nSPS) is 20.3. The SMILES string of the molecule is CC(C)CC(=O)C1(COc2cccc(N)c2C#N)CCCNC1=O. The first-order valence-electron chi connectivity index (χ1n) is 8.13. The lowest BCUT2D eigenvalue weighted by Crippen LogP contribution is -2.54. The molecule has 6 heteroatoms. The Bertz CT molecular complexity index is 679. The number of Topliss-reactive ketones (excluding diaryl/α,β-unsaturated/α-hetero) is 1. The number of hydrogen-bond acceptors (Lipinski definition) is 5. The molecule has 1 fully saturated rings. The number of anilines is 1. The highest BCUT2D eigenvalue weighted by Crippen LogP contribution is 2.33. The molecule has 1 unspecified atom stereocenters. The number of carbonyl (C=O) groups is 2. The lowest BCUT2D eigenvalue weighted by atomic mass is 9.74. The van der Waals surface area contributed by atoms with Gasteiger partial charge < -0.3 is 15.8 Å². The first kappa shape index (κ1) is 17.8. The van der Waals surface area contributed by atoms with Crippen LogP contribution in [0.3, 0.4) is 0 Å². The number of amides is 1. The zero-order valence-corrected chi connectivity index (χ0v) is 14.1. The van der Waals surface area contributed by atoms with Crippen LogP contribution in [-0.2, 0) is 9.59 Å². The molecule has 1 aliphatic rings. The van der Waals surface area contributed by atoms with Gasteiger partial charge in [-0.1, -0.05) is 19.9 Å². The summed E-state index contributed by atoms with van der Waals surface area (Å²) < 4.78 is 5.74. The first-order chi connectivity index (χ1) is 11.4. The number of piperidine rings is 1. The quantitative estimate of drug-likeness (QED) is 0.613. The number of carbonyl (C=O) groups excluding carboxylic acids is 2. The molecule has 1 aromatic carbocycles. The number of nitrogens with two attached hydrogens (primary N) is 1. The molecule has 1 amide bonds. The minimum atomic E-state index is -1.19. The molecule has 1 saturated heterocycles. The molecular weight excluding hydrogens is 306 g/mol. The second-order valence-electron chi connectivity index (χ2n) is 6.58. The Kier molecular flexibility index (Phi) is 5.45. The molecule has 0 aromatic heterocycles. The molecule has 0 bridgehead atoms. The van der Waals surface area contributed by atoms with Crippen LogP contribution in [0.15, 0.2) is 18.2 Å². The van der Waals surface area contributed by atoms with Crippen molar-refractivity contribution in [1.29, 1.82) is 5.26 Å². The average Bonchev–Trinajstić information content (AvgIpc) is 2.53. The van der Waals surface area contributed by atoms with Crippen LogP contribution in [0.1, 0.15) is 38.7 Å². The van der Waals surface area contributed by atoms with E-state index in [-0.39, 0.29) is 29.8 Å². The van der Waals surface area contributed by atoms with Crippen LogP contribution in [0.4, 0.5) is 5.69 Å². The topological polar surface area (TPSA) is 105 Å². The molecule has 0 saturated carbocycles. The summed E-state index contributed by atoms with van der Waals surface area (Å²) in [5, 5.41) is 12.0. The number of benzene rings is 1. The standard InChI is InChI=1S/C18H23N3O3/c1-12(2)9-16(22)18(7-4-8-21-17(18)23)11-24-15-6-3-5-14(20)13(15)10-19/h3,5-6,12H,4,7-9,11,20H2,1-2H3,(H,21,23). The Morgan fingerprint density at radius 2 is 2.25 bits per heavy atom. The Hall–Kier alpha value is -2.55. The van der Waals surface area contributed by atoms with E-state index in [4.69, 9.17) is 10.5 Å². The molecular formula is C18H23N3O3. The van der Waals surface area contributed by atoms with E-state index in [9.17, 15) is 14.9 Å². The number of nitrogens with one attached hydrogen (secondary N) is 1. The van der Waals surface area contributed by atoms with Crippen molar-refractivity contribution in [2.75, 3.05) is 18.9 Å². The van der Waals surface area contributed by atoms with Crippen molar-refractivity contribution >= 4 is 17.4 Å². The summed E-state index contributed by atoms with van der Waals surface area (Å²) in [5.74, 6) is 0.0534. The van der Waals surface area contributed by atoms with Crippen molar-refractivity contribution in [3.05, 3.63) is 23.8 Å². The summed E-state index contributed by atoms with van der Waals surface area (Å²) >= 11 is 0. The predicted octanol–water partition coefficient (Wildman–Crippen LogP) is 2.03. The molecule has 128 valence electrons. The summed E-state index contributed by atoms with van der Waals surface area (Å²) in [7, 11) is 0. The average molecular weight is 329 g/mol. The fourth-order valence-electron chi connectivity index (χ4n) is 2.91. The van der Waals surface area contributed by atoms with Crippen LogP contribution in [0.2, 0.25) is 0 Å². The summed E-state index contributed by atoms with van der Waals surface area (Å²) in [4.78, 5) is 25.2. The van der Waals surface area contributed by atoms with E-state index < -0.39 is 5.41 Å². The second-order valence-corrected chi connectivity index (χ2v) is 6.58. The lowest BCUT2D eigenvalue weighted by molar-refractivity contribution is -0.147. The highest BCUT2D eigenvalue weighted by Gasteiger charge is 2.47. The third-order valence-electron chi connectivity index (χ3n) is 4.27. The minimum Gasteiger partial charge on any atom is -0.491 e. The van der Waals surface area contributed by atoms with E-state index in [1.165, 1.54) is 0 Å². The van der Waals surface area contributed by atoms with E-state index in [1.54, 1.807) is 18.2 Å². The Balaban J connectivity index is 2.27. The third kappa shape index (κ3) is 3.51. The molecule has 1 aliphatic heterocycles. The van der Waals surface area contributed by atoms with Gasteiger partial charge in [-0.25, -0.2) is 0 Å². The first-order valence-corrected chi connectivity index (χ1v) is 8.13. The number of ketones is 1. The molecule has 24 heavy (non-hydrogen) atoms. The molecule has 0 aliphatic carbocycles. The Labute approximate surface area is 142 Å². The molecule has 6 nitrogen and oxygen atoms in total. The zero-order valence-electron chi connectivity index (χ0n) is 14.1. The van der Waals surface area contributed by atoms with Crippen LogP contribution in [0.25, 0.3) is 0 Å². The van der Waals surface area contributed by atoms with Crippen molar-refractivity contribution in [2.24, 2.45) is 11.3 Å². The van der Waals surface area contributed by atoms with Gasteiger partial charge in [0.05, 0.1) is 5.69 Å². The molecule has 0 radical (unpaired) electrons. The summed E-state index contributed by atoms with van der Waals surface area (Å²) in [6.07, 6.45) is 1.49. The summed E-state index contributed by atoms with van der Waals surface area (Å²) in [5.41, 5.74) is 5.12. The number of rotatable bonds is 6. The maximum absolute atomic E-state index is 12.8. The summed E-state index contributed by atoms with van der Waals surface area (Å²) in [6.45, 7) is 4.37. The van der Waals surface area contributed by atoms with E-state index in [0.29, 0.717) is 30.8 Å². The molecule has 0 spiro atoms. The molecule has 1 aromatic rings. The Morgan fingerprint density at radius 3 is 2.88 bits per heavy atom. The highest BCUT2D eigenvalue weighted by atomic mass is 16.5. The van der Waals surface area contributed by atoms with Gasteiger partial charge >= 0.3 is 0 Å². The van der Waals surface area contributed by atoms with Crippen LogP contribution in [-0.4, -0.2) is 24.8 Å². The van der Waals surface area contributed by atoms with Gasteiger partial charge in [0.15, 0.2) is 5.78 Å². The summed E-state index contributed by atoms with van der Waals surface area (Å²) in [6, 6.07) is 6.91. The molecule has 2 rings (SSSR count). The van der Waals surface area contributed by atoms with Gasteiger partial charge in [-0.3, -0.25) is 9.59 Å². The van der Waals surface area contributed by atoms with Crippen LogP contribution >= 0.6 is 0 Å². The van der Waals surface area contributed by atoms with E-state index in [0.717, 1.165) is 6.42 Å². The number of ether oxygens (including phenoxy) is 1. The van der Waals surface area contributed by atoms with Gasteiger partial charge in [-0.2, -0.15) is 5.26 Å². The zero-order chi connectivity index (χ0) is 17.7.